The summed E-state index contributed by atoms with van der Waals surface area (Å²) < 4.78 is 11.3. The molecule has 0 unspecified atom stereocenters. The Kier molecular flexibility index (Phi) is 3.45. The molecule has 2 saturated heterocycles. The van der Waals surface area contributed by atoms with Crippen LogP contribution in [-0.4, -0.2) is 42.0 Å². The van der Waals surface area contributed by atoms with E-state index in [0.717, 1.165) is 0 Å². The summed E-state index contributed by atoms with van der Waals surface area (Å²) in [6.45, 7) is 2.50. The van der Waals surface area contributed by atoms with Gasteiger partial charge in [-0.2, -0.15) is 5.26 Å². The lowest BCUT2D eigenvalue weighted by atomic mass is 10.0. The van der Waals surface area contributed by atoms with E-state index in [1.165, 1.54) is 12.3 Å². The number of anilines is 1. The normalized spacial score (nSPS) is 20.4. The summed E-state index contributed by atoms with van der Waals surface area (Å²) in [4.78, 5) is 16.2. The zero-order valence-electron chi connectivity index (χ0n) is 11.3. The largest absolute Gasteiger partial charge is 0.355 e. The molecule has 2 fully saturated rings. The van der Waals surface area contributed by atoms with Crippen LogP contribution in [0, 0.1) is 21.4 Å². The third-order valence-corrected chi connectivity index (χ3v) is 3.82. The van der Waals surface area contributed by atoms with Crippen molar-refractivity contribution in [3.8, 4) is 6.07 Å². The van der Waals surface area contributed by atoms with Gasteiger partial charge in [-0.3, -0.25) is 10.1 Å². The number of hydrogen-bond donors (Lipinski definition) is 0. The van der Waals surface area contributed by atoms with Crippen LogP contribution in [0.4, 0.5) is 11.5 Å². The van der Waals surface area contributed by atoms with Gasteiger partial charge in [0.05, 0.1) is 18.1 Å². The summed E-state index contributed by atoms with van der Waals surface area (Å²) in [7, 11) is 0. The highest BCUT2D eigenvalue weighted by Gasteiger charge is 2.40. The predicted octanol–water partition coefficient (Wildman–Crippen LogP) is 1.20. The van der Waals surface area contributed by atoms with Gasteiger partial charge in [0.25, 0.3) is 5.69 Å². The van der Waals surface area contributed by atoms with Gasteiger partial charge in [0.1, 0.15) is 23.6 Å². The monoisotopic (exact) mass is 290 g/mol. The van der Waals surface area contributed by atoms with Crippen LogP contribution < -0.4 is 4.90 Å². The lowest BCUT2D eigenvalue weighted by Crippen LogP contribution is -2.45. The van der Waals surface area contributed by atoms with Crippen molar-refractivity contribution >= 4 is 11.5 Å². The van der Waals surface area contributed by atoms with Crippen LogP contribution in [0.1, 0.15) is 18.4 Å². The van der Waals surface area contributed by atoms with Crippen molar-refractivity contribution < 1.29 is 14.4 Å². The van der Waals surface area contributed by atoms with E-state index in [1.54, 1.807) is 0 Å². The third-order valence-electron chi connectivity index (χ3n) is 3.82. The Balaban J connectivity index is 1.79. The second-order valence-electron chi connectivity index (χ2n) is 5.03. The average molecular weight is 290 g/mol. The quantitative estimate of drug-likeness (QED) is 0.595. The van der Waals surface area contributed by atoms with Crippen LogP contribution >= 0.6 is 0 Å². The summed E-state index contributed by atoms with van der Waals surface area (Å²) in [5, 5.41) is 19.9. The predicted molar refractivity (Wildman–Crippen MR) is 71.7 cm³/mol. The van der Waals surface area contributed by atoms with E-state index in [2.05, 4.69) is 4.98 Å². The lowest BCUT2D eigenvalue weighted by molar-refractivity contribution is -0.385. The van der Waals surface area contributed by atoms with E-state index in [-0.39, 0.29) is 11.3 Å². The SMILES string of the molecule is N#Cc1cc([N+](=O)[O-])cnc1N1CCC2(CC1)OCCO2. The van der Waals surface area contributed by atoms with Crippen molar-refractivity contribution in [3.05, 3.63) is 27.9 Å². The number of nitriles is 1. The first-order valence-electron chi connectivity index (χ1n) is 6.71. The molecule has 0 saturated carbocycles. The van der Waals surface area contributed by atoms with Crippen molar-refractivity contribution in [1.82, 2.24) is 4.98 Å². The minimum absolute atomic E-state index is 0.175. The van der Waals surface area contributed by atoms with Gasteiger partial charge in [-0.25, -0.2) is 4.98 Å². The number of nitrogens with zero attached hydrogens (tertiary/aromatic N) is 4. The Labute approximate surface area is 121 Å². The molecule has 3 rings (SSSR count). The molecule has 8 heteroatoms. The number of ether oxygens (including phenoxy) is 2. The average Bonchev–Trinajstić information content (AvgIpc) is 2.95. The molecule has 1 aromatic rings. The van der Waals surface area contributed by atoms with E-state index in [1.807, 2.05) is 11.0 Å². The standard InChI is InChI=1S/C13H14N4O4/c14-8-10-7-11(17(18)19)9-15-12(10)16-3-1-13(2-4-16)20-5-6-21-13/h7,9H,1-6H2. The van der Waals surface area contributed by atoms with Gasteiger partial charge in [-0.15, -0.1) is 0 Å². The Morgan fingerprint density at radius 3 is 2.62 bits per heavy atom. The molecule has 2 aliphatic rings. The molecule has 1 aromatic heterocycles. The molecular weight excluding hydrogens is 276 g/mol. The number of aromatic nitrogens is 1. The first-order valence-corrected chi connectivity index (χ1v) is 6.71. The van der Waals surface area contributed by atoms with Gasteiger partial charge >= 0.3 is 0 Å². The molecule has 1 spiro atoms. The van der Waals surface area contributed by atoms with E-state index in [9.17, 15) is 15.4 Å². The summed E-state index contributed by atoms with van der Waals surface area (Å²) in [5.74, 6) is -0.0136. The zero-order chi connectivity index (χ0) is 14.9. The van der Waals surface area contributed by atoms with Gasteiger partial charge in [0, 0.05) is 32.0 Å². The highest BCUT2D eigenvalue weighted by molar-refractivity contribution is 5.57. The van der Waals surface area contributed by atoms with Crippen LogP contribution in [0.5, 0.6) is 0 Å². The summed E-state index contributed by atoms with van der Waals surface area (Å²) in [6, 6.07) is 3.24. The summed E-state index contributed by atoms with van der Waals surface area (Å²) in [5.41, 5.74) is 0.0413. The molecule has 3 heterocycles. The van der Waals surface area contributed by atoms with Crippen LogP contribution in [0.2, 0.25) is 0 Å². The van der Waals surface area contributed by atoms with Crippen molar-refractivity contribution in [1.29, 1.82) is 5.26 Å². The Morgan fingerprint density at radius 1 is 1.38 bits per heavy atom. The molecule has 0 atom stereocenters. The van der Waals surface area contributed by atoms with Crippen molar-refractivity contribution in [2.24, 2.45) is 0 Å². The molecule has 2 aliphatic heterocycles. The van der Waals surface area contributed by atoms with Gasteiger partial charge in [0.15, 0.2) is 5.79 Å². The topological polar surface area (TPSA) is 102 Å². The molecule has 0 aliphatic carbocycles. The minimum atomic E-state index is -0.553. The van der Waals surface area contributed by atoms with E-state index >= 15 is 0 Å². The van der Waals surface area contributed by atoms with Crippen molar-refractivity contribution in [2.75, 3.05) is 31.2 Å². The number of hydrogen-bond acceptors (Lipinski definition) is 7. The smallest absolute Gasteiger partial charge is 0.289 e. The molecule has 0 radical (unpaired) electrons. The highest BCUT2D eigenvalue weighted by Crippen LogP contribution is 2.33. The maximum atomic E-state index is 10.7. The van der Waals surface area contributed by atoms with Crippen LogP contribution in [0.3, 0.4) is 0 Å². The fraction of sp³-hybridized carbons (Fsp3) is 0.538. The first-order chi connectivity index (χ1) is 10.1. The molecule has 110 valence electrons. The number of rotatable bonds is 2. The molecule has 0 N–H and O–H groups in total. The van der Waals surface area contributed by atoms with Crippen molar-refractivity contribution in [3.63, 3.8) is 0 Å². The Hall–Kier alpha value is -2.24. The summed E-state index contributed by atoms with van der Waals surface area (Å²) in [6.07, 6.45) is 2.57. The second kappa shape index (κ2) is 5.27. The third kappa shape index (κ3) is 2.53. The number of nitro groups is 1. The number of pyridine rings is 1. The molecule has 0 amide bonds. The molecule has 0 bridgehead atoms. The first kappa shape index (κ1) is 13.7. The maximum absolute atomic E-state index is 10.7. The zero-order valence-corrected chi connectivity index (χ0v) is 11.3. The van der Waals surface area contributed by atoms with Crippen LogP contribution in [0.25, 0.3) is 0 Å². The van der Waals surface area contributed by atoms with Gasteiger partial charge < -0.3 is 14.4 Å². The lowest BCUT2D eigenvalue weighted by Gasteiger charge is -2.38. The van der Waals surface area contributed by atoms with E-state index in [0.29, 0.717) is 45.0 Å². The van der Waals surface area contributed by atoms with Crippen LogP contribution in [-0.2, 0) is 9.47 Å². The van der Waals surface area contributed by atoms with Gasteiger partial charge in [-0.05, 0) is 0 Å². The fourth-order valence-electron chi connectivity index (χ4n) is 2.73. The van der Waals surface area contributed by atoms with E-state index in [4.69, 9.17) is 9.47 Å². The molecule has 0 aromatic carbocycles. The fourth-order valence-corrected chi connectivity index (χ4v) is 2.73. The summed E-state index contributed by atoms with van der Waals surface area (Å²) >= 11 is 0. The van der Waals surface area contributed by atoms with Crippen LogP contribution in [0.15, 0.2) is 12.3 Å². The second-order valence-corrected chi connectivity index (χ2v) is 5.03. The molecule has 21 heavy (non-hydrogen) atoms. The highest BCUT2D eigenvalue weighted by atomic mass is 16.7. The molecular formula is C13H14N4O4. The number of piperidine rings is 1. The van der Waals surface area contributed by atoms with Gasteiger partial charge in [0.2, 0.25) is 0 Å². The Morgan fingerprint density at radius 2 is 2.05 bits per heavy atom. The minimum Gasteiger partial charge on any atom is -0.355 e. The Bertz CT molecular complexity index is 597. The maximum Gasteiger partial charge on any atom is 0.289 e. The van der Waals surface area contributed by atoms with Gasteiger partial charge in [-0.1, -0.05) is 0 Å². The molecule has 8 nitrogen and oxygen atoms in total. The van der Waals surface area contributed by atoms with Crippen molar-refractivity contribution in [2.45, 2.75) is 18.6 Å². The van der Waals surface area contributed by atoms with E-state index < -0.39 is 10.7 Å².